The maximum Gasteiger partial charge on any atom is 0.323 e. The summed E-state index contributed by atoms with van der Waals surface area (Å²) in [4.78, 5) is 57.8. The number of rotatable bonds is 11. The number of benzene rings is 1. The van der Waals surface area contributed by atoms with Crippen LogP contribution in [0.3, 0.4) is 0 Å². The van der Waals surface area contributed by atoms with Crippen LogP contribution in [0.4, 0.5) is 0 Å². The lowest BCUT2D eigenvalue weighted by Gasteiger charge is -2.32. The first-order valence-electron chi connectivity index (χ1n) is 15.8. The third kappa shape index (κ3) is 16.7. The molecule has 1 aromatic carbocycles. The zero-order valence-corrected chi connectivity index (χ0v) is 28.8. The number of hydrogen-bond acceptors (Lipinski definition) is 11. The molecule has 1 unspecified atom stereocenters. The number of hydrogen-bond donors (Lipinski definition) is 0. The van der Waals surface area contributed by atoms with E-state index in [4.69, 9.17) is 18.9 Å². The van der Waals surface area contributed by atoms with Crippen LogP contribution in [0.5, 0.6) is 0 Å². The smallest absolute Gasteiger partial charge is 0.323 e. The fourth-order valence-electron chi connectivity index (χ4n) is 4.82. The second kappa shape index (κ2) is 17.1. The van der Waals surface area contributed by atoms with Gasteiger partial charge in [-0.2, -0.15) is 0 Å². The number of carbonyl (C=O) groups is 4. The molecule has 1 atom stereocenters. The van der Waals surface area contributed by atoms with Gasteiger partial charge in [-0.1, -0.05) is 30.3 Å². The summed E-state index contributed by atoms with van der Waals surface area (Å²) in [6.07, 6.45) is 0.225. The molecule has 2 rings (SSSR count). The standard InChI is InChI=1S/C34H55N3O8/c1-32(2,3)43-28(38)16-15-27(31(41)42-25-26-13-11-10-12-14-26)37-21-19-35(23-29(39)44-33(4,5)6)17-18-36(20-22-37)24-30(40)45-34(7,8)9/h10-14,27H,15-25H2,1-9H3. The second-order valence-electron chi connectivity index (χ2n) is 14.5. The second-order valence-corrected chi connectivity index (χ2v) is 14.5. The molecule has 0 bridgehead atoms. The van der Waals surface area contributed by atoms with Gasteiger partial charge in [-0.15, -0.1) is 0 Å². The zero-order chi connectivity index (χ0) is 33.8. The van der Waals surface area contributed by atoms with Gasteiger partial charge in [-0.3, -0.25) is 33.9 Å². The lowest BCUT2D eigenvalue weighted by Crippen LogP contribution is -2.48. The Morgan fingerprint density at radius 1 is 0.644 bits per heavy atom. The van der Waals surface area contributed by atoms with E-state index in [1.165, 1.54) is 0 Å². The van der Waals surface area contributed by atoms with Gasteiger partial charge in [0.25, 0.3) is 0 Å². The van der Waals surface area contributed by atoms with Crippen LogP contribution in [0, 0.1) is 0 Å². The number of ether oxygens (including phenoxy) is 4. The molecule has 0 amide bonds. The van der Waals surface area contributed by atoms with E-state index in [9.17, 15) is 19.2 Å². The van der Waals surface area contributed by atoms with Gasteiger partial charge < -0.3 is 18.9 Å². The number of nitrogens with zero attached hydrogens (tertiary/aromatic N) is 3. The Kier molecular flexibility index (Phi) is 14.5. The summed E-state index contributed by atoms with van der Waals surface area (Å²) in [7, 11) is 0. The Labute approximate surface area is 269 Å². The van der Waals surface area contributed by atoms with Gasteiger partial charge >= 0.3 is 23.9 Å². The normalized spacial score (nSPS) is 16.9. The summed E-state index contributed by atoms with van der Waals surface area (Å²) in [6, 6.07) is 8.67. The van der Waals surface area contributed by atoms with Crippen molar-refractivity contribution >= 4 is 23.9 Å². The van der Waals surface area contributed by atoms with Crippen molar-refractivity contribution in [1.29, 1.82) is 0 Å². The molecule has 45 heavy (non-hydrogen) atoms. The molecule has 11 nitrogen and oxygen atoms in total. The Balaban J connectivity index is 2.30. The van der Waals surface area contributed by atoms with Crippen molar-refractivity contribution in [2.24, 2.45) is 0 Å². The third-order valence-corrected chi connectivity index (χ3v) is 6.66. The first-order valence-corrected chi connectivity index (χ1v) is 15.8. The molecule has 0 aromatic heterocycles. The van der Waals surface area contributed by atoms with Gasteiger partial charge in [0.1, 0.15) is 29.5 Å². The van der Waals surface area contributed by atoms with Crippen molar-refractivity contribution in [1.82, 2.24) is 14.7 Å². The van der Waals surface area contributed by atoms with Crippen molar-refractivity contribution < 1.29 is 38.1 Å². The predicted molar refractivity (Wildman–Crippen MR) is 171 cm³/mol. The highest BCUT2D eigenvalue weighted by Gasteiger charge is 2.32. The van der Waals surface area contributed by atoms with Gasteiger partial charge in [-0.05, 0) is 74.3 Å². The lowest BCUT2D eigenvalue weighted by molar-refractivity contribution is -0.158. The molecule has 0 spiro atoms. The van der Waals surface area contributed by atoms with E-state index in [2.05, 4.69) is 0 Å². The van der Waals surface area contributed by atoms with E-state index in [1.54, 1.807) is 20.8 Å². The number of carbonyl (C=O) groups excluding carboxylic acids is 4. The minimum absolute atomic E-state index is 0.0299. The van der Waals surface area contributed by atoms with E-state index in [1.807, 2.05) is 86.6 Å². The SMILES string of the molecule is CC(C)(C)OC(=O)CCC(C(=O)OCc1ccccc1)N1CCN(CC(=O)OC(C)(C)C)CCN(CC(=O)OC(C)(C)C)CC1. The molecule has 1 aliphatic heterocycles. The molecule has 1 aliphatic rings. The summed E-state index contributed by atoms with van der Waals surface area (Å²) >= 11 is 0. The Morgan fingerprint density at radius 3 is 1.51 bits per heavy atom. The molecule has 0 N–H and O–H groups in total. The first kappa shape index (κ1) is 38.2. The minimum Gasteiger partial charge on any atom is -0.460 e. The molecule has 1 fully saturated rings. The summed E-state index contributed by atoms with van der Waals surface area (Å²) in [5.74, 6) is -1.55. The fourth-order valence-corrected chi connectivity index (χ4v) is 4.82. The first-order chi connectivity index (χ1) is 20.8. The quantitative estimate of drug-likeness (QED) is 0.262. The molecular formula is C34H55N3O8. The molecule has 0 aliphatic carbocycles. The van der Waals surface area contributed by atoms with Crippen LogP contribution in [-0.4, -0.2) is 114 Å². The van der Waals surface area contributed by atoms with E-state index in [-0.39, 0.29) is 44.5 Å². The van der Waals surface area contributed by atoms with Crippen LogP contribution in [0.25, 0.3) is 0 Å². The summed E-state index contributed by atoms with van der Waals surface area (Å²) in [6.45, 7) is 19.4. The highest BCUT2D eigenvalue weighted by molar-refractivity contribution is 5.77. The highest BCUT2D eigenvalue weighted by atomic mass is 16.6. The fraction of sp³-hybridized carbons (Fsp3) is 0.706. The van der Waals surface area contributed by atoms with Gasteiger partial charge in [0.2, 0.25) is 0 Å². The molecule has 1 aromatic rings. The maximum absolute atomic E-state index is 13.6. The third-order valence-electron chi connectivity index (χ3n) is 6.66. The van der Waals surface area contributed by atoms with Crippen LogP contribution < -0.4 is 0 Å². The largest absolute Gasteiger partial charge is 0.460 e. The van der Waals surface area contributed by atoms with Crippen LogP contribution >= 0.6 is 0 Å². The zero-order valence-electron chi connectivity index (χ0n) is 28.8. The summed E-state index contributed by atoms with van der Waals surface area (Å²) < 4.78 is 22.4. The lowest BCUT2D eigenvalue weighted by atomic mass is 10.1. The van der Waals surface area contributed by atoms with Crippen LogP contribution in [-0.2, 0) is 44.7 Å². The average Bonchev–Trinajstić information content (AvgIpc) is 2.96. The van der Waals surface area contributed by atoms with E-state index < -0.39 is 34.8 Å². The Hall–Kier alpha value is -3.02. The molecule has 0 radical (unpaired) electrons. The van der Waals surface area contributed by atoms with Gasteiger partial charge in [0.05, 0.1) is 13.1 Å². The molecule has 1 heterocycles. The van der Waals surface area contributed by atoms with Crippen molar-refractivity contribution in [3.05, 3.63) is 35.9 Å². The van der Waals surface area contributed by atoms with Crippen molar-refractivity contribution in [2.75, 3.05) is 52.4 Å². The minimum atomic E-state index is -0.744. The van der Waals surface area contributed by atoms with Gasteiger partial charge in [-0.25, -0.2) is 0 Å². The number of esters is 4. The summed E-state index contributed by atoms with van der Waals surface area (Å²) in [5.41, 5.74) is -1.04. The van der Waals surface area contributed by atoms with Crippen molar-refractivity contribution in [3.8, 4) is 0 Å². The van der Waals surface area contributed by atoms with Crippen LogP contribution in [0.15, 0.2) is 30.3 Å². The van der Waals surface area contributed by atoms with Crippen LogP contribution in [0.2, 0.25) is 0 Å². The van der Waals surface area contributed by atoms with Crippen molar-refractivity contribution in [2.45, 2.75) is 105 Å². The Morgan fingerprint density at radius 2 is 1.07 bits per heavy atom. The van der Waals surface area contributed by atoms with E-state index in [0.717, 1.165) is 5.56 Å². The highest BCUT2D eigenvalue weighted by Crippen LogP contribution is 2.17. The molecular weight excluding hydrogens is 578 g/mol. The Bertz CT molecular complexity index is 1060. The topological polar surface area (TPSA) is 115 Å². The molecule has 254 valence electrons. The summed E-state index contributed by atoms with van der Waals surface area (Å²) in [5, 5.41) is 0. The monoisotopic (exact) mass is 633 g/mol. The predicted octanol–water partition coefficient (Wildman–Crippen LogP) is 3.82. The van der Waals surface area contributed by atoms with Gasteiger partial charge in [0, 0.05) is 45.7 Å². The van der Waals surface area contributed by atoms with E-state index >= 15 is 0 Å². The van der Waals surface area contributed by atoms with E-state index in [0.29, 0.717) is 39.3 Å². The maximum atomic E-state index is 13.6. The molecule has 1 saturated heterocycles. The van der Waals surface area contributed by atoms with Crippen LogP contribution in [0.1, 0.15) is 80.7 Å². The average molecular weight is 634 g/mol. The van der Waals surface area contributed by atoms with Crippen molar-refractivity contribution in [3.63, 3.8) is 0 Å². The van der Waals surface area contributed by atoms with Gasteiger partial charge in [0.15, 0.2) is 0 Å². The molecule has 0 saturated carbocycles. The molecule has 11 heteroatoms.